The number of ether oxygens (including phenoxy) is 2. The van der Waals surface area contributed by atoms with E-state index in [1.807, 2.05) is 56.3 Å². The molecular weight excluding hydrogens is 304 g/mol. The smallest absolute Gasteiger partial charge is 0.246 e. The summed E-state index contributed by atoms with van der Waals surface area (Å²) in [5, 5.41) is 6.12. The van der Waals surface area contributed by atoms with E-state index in [0.29, 0.717) is 18.0 Å². The van der Waals surface area contributed by atoms with E-state index in [4.69, 9.17) is 9.47 Å². The standard InChI is InChI=1S/C19H24N2O3/c1-13-8-9-18(24-4)17(10-13)21-19(22)14(2)20-16-7-5-6-15(11-16)12-23-3/h5-11,14,20H,12H2,1-4H3,(H,21,22)/t14-/m1/s1. The first-order valence-electron chi connectivity index (χ1n) is 7.83. The van der Waals surface area contributed by atoms with Crippen LogP contribution in [0.15, 0.2) is 42.5 Å². The summed E-state index contributed by atoms with van der Waals surface area (Å²) >= 11 is 0. The summed E-state index contributed by atoms with van der Waals surface area (Å²) in [5.41, 5.74) is 3.65. The molecule has 0 fully saturated rings. The third-order valence-electron chi connectivity index (χ3n) is 3.63. The Bertz CT molecular complexity index is 701. The van der Waals surface area contributed by atoms with Crippen molar-refractivity contribution >= 4 is 17.3 Å². The second kappa shape index (κ2) is 8.36. The first-order valence-corrected chi connectivity index (χ1v) is 7.83. The lowest BCUT2D eigenvalue weighted by atomic mass is 10.1. The van der Waals surface area contributed by atoms with Gasteiger partial charge in [-0.1, -0.05) is 18.2 Å². The van der Waals surface area contributed by atoms with Crippen LogP contribution in [0.3, 0.4) is 0 Å². The number of methoxy groups -OCH3 is 2. The minimum Gasteiger partial charge on any atom is -0.495 e. The highest BCUT2D eigenvalue weighted by atomic mass is 16.5. The van der Waals surface area contributed by atoms with Crippen molar-refractivity contribution in [3.05, 3.63) is 53.6 Å². The van der Waals surface area contributed by atoms with E-state index < -0.39 is 6.04 Å². The maximum atomic E-state index is 12.5. The summed E-state index contributed by atoms with van der Waals surface area (Å²) in [6, 6.07) is 13.1. The highest BCUT2D eigenvalue weighted by Gasteiger charge is 2.15. The molecule has 0 heterocycles. The van der Waals surface area contributed by atoms with Gasteiger partial charge < -0.3 is 20.1 Å². The van der Waals surface area contributed by atoms with Gasteiger partial charge in [0.1, 0.15) is 11.8 Å². The third kappa shape index (κ3) is 4.73. The molecule has 0 aromatic heterocycles. The van der Waals surface area contributed by atoms with Gasteiger partial charge in [-0.15, -0.1) is 0 Å². The van der Waals surface area contributed by atoms with Gasteiger partial charge in [0.2, 0.25) is 5.91 Å². The Balaban J connectivity index is 2.05. The van der Waals surface area contributed by atoms with Gasteiger partial charge in [-0.2, -0.15) is 0 Å². The fraction of sp³-hybridized carbons (Fsp3) is 0.316. The number of benzene rings is 2. The lowest BCUT2D eigenvalue weighted by Gasteiger charge is -2.17. The van der Waals surface area contributed by atoms with Gasteiger partial charge in [0, 0.05) is 12.8 Å². The van der Waals surface area contributed by atoms with Crippen LogP contribution in [0.5, 0.6) is 5.75 Å². The molecule has 0 saturated heterocycles. The fourth-order valence-corrected chi connectivity index (χ4v) is 2.39. The zero-order valence-corrected chi connectivity index (χ0v) is 14.6. The number of nitrogens with one attached hydrogen (secondary N) is 2. The summed E-state index contributed by atoms with van der Waals surface area (Å²) < 4.78 is 10.4. The molecule has 0 radical (unpaired) electrons. The molecule has 0 aliphatic rings. The highest BCUT2D eigenvalue weighted by Crippen LogP contribution is 2.25. The second-order valence-electron chi connectivity index (χ2n) is 5.69. The van der Waals surface area contributed by atoms with Crippen molar-refractivity contribution in [2.45, 2.75) is 26.5 Å². The first kappa shape index (κ1) is 17.8. The molecule has 2 aromatic rings. The third-order valence-corrected chi connectivity index (χ3v) is 3.63. The van der Waals surface area contributed by atoms with Crippen LogP contribution >= 0.6 is 0 Å². The Morgan fingerprint density at radius 1 is 1.17 bits per heavy atom. The van der Waals surface area contributed by atoms with Crippen LogP contribution in [0.25, 0.3) is 0 Å². The predicted molar refractivity (Wildman–Crippen MR) is 96.6 cm³/mol. The number of carbonyl (C=O) groups is 1. The van der Waals surface area contributed by atoms with E-state index in [-0.39, 0.29) is 5.91 Å². The Morgan fingerprint density at radius 2 is 1.96 bits per heavy atom. The van der Waals surface area contributed by atoms with E-state index in [1.165, 1.54) is 0 Å². The Labute approximate surface area is 143 Å². The maximum Gasteiger partial charge on any atom is 0.246 e. The van der Waals surface area contributed by atoms with E-state index in [9.17, 15) is 4.79 Å². The van der Waals surface area contributed by atoms with Crippen LogP contribution < -0.4 is 15.4 Å². The van der Waals surface area contributed by atoms with Crippen molar-refractivity contribution in [2.75, 3.05) is 24.9 Å². The SMILES string of the molecule is COCc1cccc(N[C@H](C)C(=O)Nc2cc(C)ccc2OC)c1. The average Bonchev–Trinajstić information content (AvgIpc) is 2.55. The predicted octanol–water partition coefficient (Wildman–Crippen LogP) is 3.59. The summed E-state index contributed by atoms with van der Waals surface area (Å²) in [4.78, 5) is 12.5. The summed E-state index contributed by atoms with van der Waals surface area (Å²) in [5.74, 6) is 0.513. The molecule has 0 bridgehead atoms. The van der Waals surface area contributed by atoms with Crippen molar-refractivity contribution in [1.29, 1.82) is 0 Å². The Morgan fingerprint density at radius 3 is 2.67 bits per heavy atom. The first-order chi connectivity index (χ1) is 11.5. The molecule has 2 N–H and O–H groups in total. The molecule has 5 nitrogen and oxygen atoms in total. The summed E-state index contributed by atoms with van der Waals surface area (Å²) in [6.07, 6.45) is 0. The normalized spacial score (nSPS) is 11.7. The molecule has 2 rings (SSSR count). The van der Waals surface area contributed by atoms with Gasteiger partial charge in [0.15, 0.2) is 0 Å². The topological polar surface area (TPSA) is 59.6 Å². The van der Waals surface area contributed by atoms with Crippen molar-refractivity contribution in [2.24, 2.45) is 0 Å². The number of carbonyl (C=O) groups excluding carboxylic acids is 1. The summed E-state index contributed by atoms with van der Waals surface area (Å²) in [7, 11) is 3.24. The number of aryl methyl sites for hydroxylation is 1. The van der Waals surface area contributed by atoms with Crippen LogP contribution in [0.4, 0.5) is 11.4 Å². The molecule has 24 heavy (non-hydrogen) atoms. The van der Waals surface area contributed by atoms with Crippen molar-refractivity contribution in [1.82, 2.24) is 0 Å². The molecule has 0 unspecified atom stereocenters. The van der Waals surface area contributed by atoms with Crippen molar-refractivity contribution < 1.29 is 14.3 Å². The van der Waals surface area contributed by atoms with Gasteiger partial charge in [-0.25, -0.2) is 0 Å². The van der Waals surface area contributed by atoms with Crippen LogP contribution in [-0.4, -0.2) is 26.2 Å². The minimum atomic E-state index is -0.395. The van der Waals surface area contributed by atoms with Gasteiger partial charge in [-0.05, 0) is 49.2 Å². The Hall–Kier alpha value is -2.53. The summed E-state index contributed by atoms with van der Waals surface area (Å²) in [6.45, 7) is 4.33. The number of amides is 1. The number of hydrogen-bond acceptors (Lipinski definition) is 4. The lowest BCUT2D eigenvalue weighted by molar-refractivity contribution is -0.116. The molecule has 5 heteroatoms. The monoisotopic (exact) mass is 328 g/mol. The zero-order chi connectivity index (χ0) is 17.5. The van der Waals surface area contributed by atoms with Gasteiger partial charge in [-0.3, -0.25) is 4.79 Å². The Kier molecular flexibility index (Phi) is 6.21. The largest absolute Gasteiger partial charge is 0.495 e. The number of anilines is 2. The van der Waals surface area contributed by atoms with Crippen LogP contribution in [-0.2, 0) is 16.1 Å². The van der Waals surface area contributed by atoms with Crippen LogP contribution in [0.1, 0.15) is 18.1 Å². The van der Waals surface area contributed by atoms with E-state index in [2.05, 4.69) is 10.6 Å². The van der Waals surface area contributed by atoms with Crippen molar-refractivity contribution in [3.63, 3.8) is 0 Å². The van der Waals surface area contributed by atoms with E-state index in [0.717, 1.165) is 16.8 Å². The maximum absolute atomic E-state index is 12.5. The average molecular weight is 328 g/mol. The highest BCUT2D eigenvalue weighted by molar-refractivity contribution is 5.97. The van der Waals surface area contributed by atoms with Crippen LogP contribution in [0.2, 0.25) is 0 Å². The zero-order valence-electron chi connectivity index (χ0n) is 14.6. The number of hydrogen-bond donors (Lipinski definition) is 2. The number of rotatable bonds is 7. The molecule has 0 aliphatic carbocycles. The molecule has 0 saturated carbocycles. The quantitative estimate of drug-likeness (QED) is 0.815. The molecule has 2 aromatic carbocycles. The molecular formula is C19H24N2O3. The van der Waals surface area contributed by atoms with E-state index in [1.54, 1.807) is 14.2 Å². The second-order valence-corrected chi connectivity index (χ2v) is 5.69. The van der Waals surface area contributed by atoms with Crippen LogP contribution in [0, 0.1) is 6.92 Å². The molecule has 0 spiro atoms. The van der Waals surface area contributed by atoms with E-state index >= 15 is 0 Å². The fourth-order valence-electron chi connectivity index (χ4n) is 2.39. The molecule has 128 valence electrons. The van der Waals surface area contributed by atoms with Gasteiger partial charge in [0.05, 0.1) is 19.4 Å². The van der Waals surface area contributed by atoms with Gasteiger partial charge >= 0.3 is 0 Å². The van der Waals surface area contributed by atoms with Gasteiger partial charge in [0.25, 0.3) is 0 Å². The lowest BCUT2D eigenvalue weighted by Crippen LogP contribution is -2.32. The van der Waals surface area contributed by atoms with Crippen molar-refractivity contribution in [3.8, 4) is 5.75 Å². The molecule has 1 atom stereocenters. The molecule has 0 aliphatic heterocycles. The minimum absolute atomic E-state index is 0.129. The molecule has 1 amide bonds.